The van der Waals surface area contributed by atoms with E-state index in [1.54, 1.807) is 6.07 Å². The average molecular weight is 254 g/mol. The molecule has 1 aromatic heterocycles. The molecule has 4 heteroatoms. The van der Waals surface area contributed by atoms with Gasteiger partial charge in [-0.25, -0.2) is 0 Å². The van der Waals surface area contributed by atoms with E-state index < -0.39 is 0 Å². The van der Waals surface area contributed by atoms with Crippen LogP contribution < -0.4 is 11.1 Å². The molecule has 0 radical (unpaired) electrons. The van der Waals surface area contributed by atoms with Gasteiger partial charge >= 0.3 is 0 Å². The van der Waals surface area contributed by atoms with Crippen molar-refractivity contribution in [2.24, 2.45) is 5.73 Å². The lowest BCUT2D eigenvalue weighted by Gasteiger charge is -2.06. The zero-order valence-corrected chi connectivity index (χ0v) is 10.3. The first-order valence-electron chi connectivity index (χ1n) is 5.88. The minimum absolute atomic E-state index is 0.171. The number of nitrogens with one attached hydrogen (secondary N) is 1. The van der Waals surface area contributed by atoms with E-state index in [2.05, 4.69) is 17.2 Å². The molecular weight excluding hydrogens is 240 g/mol. The van der Waals surface area contributed by atoms with Crippen molar-refractivity contribution in [1.29, 1.82) is 0 Å². The quantitative estimate of drug-likeness (QED) is 0.816. The second kappa shape index (κ2) is 6.43. The zero-order valence-electron chi connectivity index (χ0n) is 10.3. The maximum Gasteiger partial charge on any atom is 0.254 e. The fourth-order valence-corrected chi connectivity index (χ4v) is 1.61. The van der Waals surface area contributed by atoms with Gasteiger partial charge in [-0.15, -0.1) is 0 Å². The molecule has 0 aliphatic heterocycles. The molecule has 2 rings (SSSR count). The Morgan fingerprint density at radius 3 is 2.89 bits per heavy atom. The summed E-state index contributed by atoms with van der Waals surface area (Å²) in [6, 6.07) is 9.27. The van der Waals surface area contributed by atoms with E-state index in [4.69, 9.17) is 10.2 Å². The standard InChI is InChI=1S/C15H14N2O2/c16-8-3-6-12-4-1-2-5-13(12)10-17-15(18)14-7-9-19-11-14/h1-2,4-5,7,9,11H,8,10,16H2,(H,17,18). The van der Waals surface area contributed by atoms with Gasteiger partial charge in [0.05, 0.1) is 18.4 Å². The van der Waals surface area contributed by atoms with Crippen molar-refractivity contribution in [3.05, 3.63) is 59.5 Å². The highest BCUT2D eigenvalue weighted by atomic mass is 16.3. The van der Waals surface area contributed by atoms with Crippen LogP contribution in [0.3, 0.4) is 0 Å². The van der Waals surface area contributed by atoms with Crippen LogP contribution in [0.25, 0.3) is 0 Å². The van der Waals surface area contributed by atoms with Gasteiger partial charge in [0.15, 0.2) is 0 Å². The van der Waals surface area contributed by atoms with Gasteiger partial charge in [-0.2, -0.15) is 0 Å². The van der Waals surface area contributed by atoms with Crippen LogP contribution in [0.5, 0.6) is 0 Å². The van der Waals surface area contributed by atoms with Crippen LogP contribution in [-0.2, 0) is 6.54 Å². The number of nitrogens with two attached hydrogens (primary N) is 1. The van der Waals surface area contributed by atoms with Crippen molar-refractivity contribution < 1.29 is 9.21 Å². The zero-order chi connectivity index (χ0) is 13.5. The highest BCUT2D eigenvalue weighted by Gasteiger charge is 2.07. The first-order valence-corrected chi connectivity index (χ1v) is 5.88. The summed E-state index contributed by atoms with van der Waals surface area (Å²) in [6.45, 7) is 0.731. The lowest BCUT2D eigenvalue weighted by molar-refractivity contribution is 0.0950. The van der Waals surface area contributed by atoms with E-state index in [0.717, 1.165) is 11.1 Å². The van der Waals surface area contributed by atoms with E-state index in [-0.39, 0.29) is 5.91 Å². The molecule has 19 heavy (non-hydrogen) atoms. The Balaban J connectivity index is 2.05. The van der Waals surface area contributed by atoms with Crippen LogP contribution in [-0.4, -0.2) is 12.5 Å². The minimum atomic E-state index is -0.171. The molecule has 96 valence electrons. The van der Waals surface area contributed by atoms with Crippen molar-refractivity contribution in [1.82, 2.24) is 5.32 Å². The Morgan fingerprint density at radius 2 is 2.16 bits per heavy atom. The highest BCUT2D eigenvalue weighted by Crippen LogP contribution is 2.07. The fraction of sp³-hybridized carbons (Fsp3) is 0.133. The molecular formula is C15H14N2O2. The first kappa shape index (κ1) is 12.9. The SMILES string of the molecule is NCC#Cc1ccccc1CNC(=O)c1ccoc1. The van der Waals surface area contributed by atoms with E-state index in [0.29, 0.717) is 18.7 Å². The van der Waals surface area contributed by atoms with Crippen molar-refractivity contribution in [2.75, 3.05) is 6.54 Å². The molecule has 4 nitrogen and oxygen atoms in total. The van der Waals surface area contributed by atoms with Gasteiger partial charge in [0, 0.05) is 12.1 Å². The maximum absolute atomic E-state index is 11.8. The highest BCUT2D eigenvalue weighted by molar-refractivity contribution is 5.93. The molecule has 1 amide bonds. The van der Waals surface area contributed by atoms with E-state index >= 15 is 0 Å². The fourth-order valence-electron chi connectivity index (χ4n) is 1.61. The van der Waals surface area contributed by atoms with Crippen molar-refractivity contribution >= 4 is 5.91 Å². The summed E-state index contributed by atoms with van der Waals surface area (Å²) in [5, 5.41) is 2.82. The molecule has 0 bridgehead atoms. The second-order valence-corrected chi connectivity index (χ2v) is 3.86. The summed E-state index contributed by atoms with van der Waals surface area (Å²) in [5.74, 6) is 5.63. The third-order valence-corrected chi connectivity index (χ3v) is 2.57. The van der Waals surface area contributed by atoms with Crippen LogP contribution in [0.1, 0.15) is 21.5 Å². The third-order valence-electron chi connectivity index (χ3n) is 2.57. The number of hydrogen-bond donors (Lipinski definition) is 2. The molecule has 0 aliphatic rings. The smallest absolute Gasteiger partial charge is 0.254 e. The van der Waals surface area contributed by atoms with Crippen LogP contribution in [0, 0.1) is 11.8 Å². The summed E-state index contributed by atoms with van der Waals surface area (Å²) in [4.78, 5) is 11.8. The predicted octanol–water partition coefficient (Wildman–Crippen LogP) is 1.52. The normalized spacial score (nSPS) is 9.53. The summed E-state index contributed by atoms with van der Waals surface area (Å²) in [5.41, 5.74) is 7.70. The number of benzene rings is 1. The van der Waals surface area contributed by atoms with E-state index in [1.807, 2.05) is 24.3 Å². The van der Waals surface area contributed by atoms with Gasteiger partial charge in [-0.1, -0.05) is 30.0 Å². The molecule has 0 aliphatic carbocycles. The summed E-state index contributed by atoms with van der Waals surface area (Å²) >= 11 is 0. The summed E-state index contributed by atoms with van der Waals surface area (Å²) in [6.07, 6.45) is 2.88. The van der Waals surface area contributed by atoms with Crippen molar-refractivity contribution in [3.63, 3.8) is 0 Å². The van der Waals surface area contributed by atoms with Crippen molar-refractivity contribution in [2.45, 2.75) is 6.54 Å². The van der Waals surface area contributed by atoms with Crippen LogP contribution >= 0.6 is 0 Å². The van der Waals surface area contributed by atoms with Crippen LogP contribution in [0.15, 0.2) is 47.3 Å². The molecule has 0 fully saturated rings. The molecule has 2 aromatic rings. The minimum Gasteiger partial charge on any atom is -0.472 e. The monoisotopic (exact) mass is 254 g/mol. The maximum atomic E-state index is 11.8. The molecule has 0 unspecified atom stereocenters. The van der Waals surface area contributed by atoms with E-state index in [9.17, 15) is 4.79 Å². The van der Waals surface area contributed by atoms with Gasteiger partial charge < -0.3 is 15.5 Å². The molecule has 0 spiro atoms. The number of carbonyl (C=O) groups excluding carboxylic acids is 1. The predicted molar refractivity (Wildman–Crippen MR) is 72.3 cm³/mol. The number of furan rings is 1. The van der Waals surface area contributed by atoms with Gasteiger partial charge in [0.25, 0.3) is 5.91 Å². The molecule has 0 saturated heterocycles. The topological polar surface area (TPSA) is 68.3 Å². The summed E-state index contributed by atoms with van der Waals surface area (Å²) < 4.78 is 4.87. The number of amides is 1. The van der Waals surface area contributed by atoms with Gasteiger partial charge in [0.2, 0.25) is 0 Å². The number of rotatable bonds is 3. The molecule has 1 aromatic carbocycles. The van der Waals surface area contributed by atoms with Gasteiger partial charge in [-0.3, -0.25) is 4.79 Å². The average Bonchev–Trinajstić information content (AvgIpc) is 2.97. The van der Waals surface area contributed by atoms with Crippen molar-refractivity contribution in [3.8, 4) is 11.8 Å². The lowest BCUT2D eigenvalue weighted by Crippen LogP contribution is -2.22. The second-order valence-electron chi connectivity index (χ2n) is 3.86. The Morgan fingerprint density at radius 1 is 1.32 bits per heavy atom. The molecule has 0 atom stereocenters. The Hall–Kier alpha value is -2.51. The van der Waals surface area contributed by atoms with Crippen LogP contribution in [0.2, 0.25) is 0 Å². The van der Waals surface area contributed by atoms with E-state index in [1.165, 1.54) is 12.5 Å². The van der Waals surface area contributed by atoms with Gasteiger partial charge in [-0.05, 0) is 17.7 Å². The first-order chi connectivity index (χ1) is 9.31. The molecule has 3 N–H and O–H groups in total. The summed E-state index contributed by atoms with van der Waals surface area (Å²) in [7, 11) is 0. The van der Waals surface area contributed by atoms with Gasteiger partial charge in [0.1, 0.15) is 6.26 Å². The lowest BCUT2D eigenvalue weighted by atomic mass is 10.1. The Labute approximate surface area is 111 Å². The number of carbonyl (C=O) groups is 1. The largest absolute Gasteiger partial charge is 0.472 e. The Kier molecular flexibility index (Phi) is 4.38. The Bertz CT molecular complexity index is 607. The molecule has 1 heterocycles. The number of hydrogen-bond acceptors (Lipinski definition) is 3. The molecule has 0 saturated carbocycles. The van der Waals surface area contributed by atoms with Crippen LogP contribution in [0.4, 0.5) is 0 Å². The third kappa shape index (κ3) is 3.47.